The Morgan fingerprint density at radius 1 is 1.17 bits per heavy atom. The summed E-state index contributed by atoms with van der Waals surface area (Å²) in [4.78, 5) is 0.332. The number of hydrogen-bond donors (Lipinski definition) is 1. The first-order valence-electron chi connectivity index (χ1n) is 6.21. The van der Waals surface area contributed by atoms with Gasteiger partial charge in [0.25, 0.3) is 0 Å². The molecule has 0 aliphatic heterocycles. The standard InChI is InChI=1S/C13H20ClNO2S/c1-3-12(4-2)15-9-10-18(16,17)13-7-5-11(14)6-8-13/h5-8,12,15H,3-4,9-10H2,1-2H3. The molecule has 0 aliphatic rings. The third-order valence-corrected chi connectivity index (χ3v) is 4.95. The molecule has 0 radical (unpaired) electrons. The Bertz CT molecular complexity index is 452. The zero-order chi connectivity index (χ0) is 13.6. The first-order chi connectivity index (χ1) is 8.49. The van der Waals surface area contributed by atoms with Crippen molar-refractivity contribution in [3.05, 3.63) is 29.3 Å². The zero-order valence-corrected chi connectivity index (χ0v) is 12.4. The first-order valence-corrected chi connectivity index (χ1v) is 8.24. The van der Waals surface area contributed by atoms with Crippen LogP contribution in [0, 0.1) is 0 Å². The van der Waals surface area contributed by atoms with E-state index in [1.807, 2.05) is 0 Å². The number of sulfone groups is 1. The van der Waals surface area contributed by atoms with E-state index in [1.165, 1.54) is 0 Å². The average molecular weight is 290 g/mol. The van der Waals surface area contributed by atoms with Gasteiger partial charge in [-0.05, 0) is 37.1 Å². The molecule has 0 heterocycles. The molecule has 1 aromatic carbocycles. The lowest BCUT2D eigenvalue weighted by molar-refractivity contribution is 0.497. The summed E-state index contributed by atoms with van der Waals surface area (Å²) in [5, 5.41) is 3.80. The van der Waals surface area contributed by atoms with E-state index in [9.17, 15) is 8.42 Å². The summed E-state index contributed by atoms with van der Waals surface area (Å²) in [5.74, 6) is 0.116. The van der Waals surface area contributed by atoms with E-state index < -0.39 is 9.84 Å². The van der Waals surface area contributed by atoms with Crippen molar-refractivity contribution in [2.24, 2.45) is 0 Å². The van der Waals surface area contributed by atoms with Gasteiger partial charge in [0.1, 0.15) is 0 Å². The van der Waals surface area contributed by atoms with Crippen LogP contribution < -0.4 is 5.32 Å². The average Bonchev–Trinajstić information content (AvgIpc) is 2.35. The zero-order valence-electron chi connectivity index (χ0n) is 10.8. The Hall–Kier alpha value is -0.580. The summed E-state index contributed by atoms with van der Waals surface area (Å²) in [6.45, 7) is 4.67. The van der Waals surface area contributed by atoms with Crippen molar-refractivity contribution in [3.63, 3.8) is 0 Å². The predicted octanol–water partition coefficient (Wildman–Crippen LogP) is 2.89. The second-order valence-electron chi connectivity index (χ2n) is 4.24. The monoisotopic (exact) mass is 289 g/mol. The van der Waals surface area contributed by atoms with Crippen LogP contribution >= 0.6 is 11.6 Å². The highest BCUT2D eigenvalue weighted by atomic mass is 35.5. The van der Waals surface area contributed by atoms with Crippen LogP contribution in [0.4, 0.5) is 0 Å². The van der Waals surface area contributed by atoms with Crippen LogP contribution in [0.15, 0.2) is 29.2 Å². The molecule has 0 unspecified atom stereocenters. The van der Waals surface area contributed by atoms with E-state index in [1.54, 1.807) is 24.3 Å². The molecular weight excluding hydrogens is 270 g/mol. The van der Waals surface area contributed by atoms with Gasteiger partial charge in [-0.15, -0.1) is 0 Å². The molecule has 1 N–H and O–H groups in total. The summed E-state index contributed by atoms with van der Waals surface area (Å²) in [7, 11) is -3.21. The Morgan fingerprint density at radius 2 is 1.72 bits per heavy atom. The molecule has 0 saturated carbocycles. The fraction of sp³-hybridized carbons (Fsp3) is 0.538. The molecule has 5 heteroatoms. The molecule has 0 bridgehead atoms. The summed E-state index contributed by atoms with van der Waals surface area (Å²) in [6.07, 6.45) is 2.02. The maximum atomic E-state index is 12.0. The van der Waals surface area contributed by atoms with E-state index in [2.05, 4.69) is 19.2 Å². The van der Waals surface area contributed by atoms with Gasteiger partial charge in [-0.2, -0.15) is 0 Å². The molecule has 0 amide bonds. The van der Waals surface area contributed by atoms with Crippen molar-refractivity contribution >= 4 is 21.4 Å². The molecule has 1 rings (SSSR count). The molecular formula is C13H20ClNO2S. The number of rotatable bonds is 7. The summed E-state index contributed by atoms with van der Waals surface area (Å²) < 4.78 is 24.0. The lowest BCUT2D eigenvalue weighted by atomic mass is 10.2. The van der Waals surface area contributed by atoms with Crippen LogP contribution in [0.25, 0.3) is 0 Å². The molecule has 0 fully saturated rings. The van der Waals surface area contributed by atoms with Gasteiger partial charge in [0.05, 0.1) is 10.6 Å². The highest BCUT2D eigenvalue weighted by Crippen LogP contribution is 2.15. The van der Waals surface area contributed by atoms with Gasteiger partial charge in [0, 0.05) is 17.6 Å². The maximum absolute atomic E-state index is 12.0. The Morgan fingerprint density at radius 3 is 2.22 bits per heavy atom. The van der Waals surface area contributed by atoms with Gasteiger partial charge < -0.3 is 5.32 Å². The molecule has 0 saturated heterocycles. The third-order valence-electron chi connectivity index (χ3n) is 2.96. The second kappa shape index (κ2) is 7.12. The smallest absolute Gasteiger partial charge is 0.179 e. The number of hydrogen-bond acceptors (Lipinski definition) is 3. The van der Waals surface area contributed by atoms with E-state index in [-0.39, 0.29) is 5.75 Å². The fourth-order valence-electron chi connectivity index (χ4n) is 1.73. The van der Waals surface area contributed by atoms with Crippen molar-refractivity contribution < 1.29 is 8.42 Å². The molecule has 0 aliphatic carbocycles. The van der Waals surface area contributed by atoms with E-state index in [0.717, 1.165) is 12.8 Å². The summed E-state index contributed by atoms with van der Waals surface area (Å²) in [6, 6.07) is 6.69. The minimum absolute atomic E-state index is 0.116. The number of benzene rings is 1. The fourth-order valence-corrected chi connectivity index (χ4v) is 3.03. The van der Waals surface area contributed by atoms with Gasteiger partial charge in [-0.1, -0.05) is 25.4 Å². The van der Waals surface area contributed by atoms with E-state index >= 15 is 0 Å². The van der Waals surface area contributed by atoms with Crippen molar-refractivity contribution in [1.29, 1.82) is 0 Å². The normalized spacial score (nSPS) is 12.0. The van der Waals surface area contributed by atoms with Crippen LogP contribution in [0.3, 0.4) is 0 Å². The lowest BCUT2D eigenvalue weighted by Gasteiger charge is -2.14. The van der Waals surface area contributed by atoms with Gasteiger partial charge >= 0.3 is 0 Å². The Balaban J connectivity index is 2.57. The molecule has 3 nitrogen and oxygen atoms in total. The van der Waals surface area contributed by atoms with Crippen molar-refractivity contribution in [2.75, 3.05) is 12.3 Å². The topological polar surface area (TPSA) is 46.2 Å². The van der Waals surface area contributed by atoms with Crippen molar-refractivity contribution in [2.45, 2.75) is 37.6 Å². The van der Waals surface area contributed by atoms with Crippen LogP contribution in [0.1, 0.15) is 26.7 Å². The molecule has 0 spiro atoms. The highest BCUT2D eigenvalue weighted by molar-refractivity contribution is 7.91. The SMILES string of the molecule is CCC(CC)NCCS(=O)(=O)c1ccc(Cl)cc1. The quantitative estimate of drug-likeness (QED) is 0.839. The van der Waals surface area contributed by atoms with Gasteiger partial charge in [0.15, 0.2) is 9.84 Å². The van der Waals surface area contributed by atoms with Gasteiger partial charge in [0.2, 0.25) is 0 Å². The van der Waals surface area contributed by atoms with Crippen LogP contribution in [0.2, 0.25) is 5.02 Å². The minimum Gasteiger partial charge on any atom is -0.313 e. The van der Waals surface area contributed by atoms with Crippen LogP contribution in [-0.4, -0.2) is 26.8 Å². The van der Waals surface area contributed by atoms with E-state index in [4.69, 9.17) is 11.6 Å². The summed E-state index contributed by atoms with van der Waals surface area (Å²) in [5.41, 5.74) is 0. The van der Waals surface area contributed by atoms with Crippen LogP contribution in [-0.2, 0) is 9.84 Å². The number of nitrogens with one attached hydrogen (secondary N) is 1. The molecule has 18 heavy (non-hydrogen) atoms. The Kier molecular flexibility index (Phi) is 6.12. The second-order valence-corrected chi connectivity index (χ2v) is 6.79. The van der Waals surface area contributed by atoms with Crippen molar-refractivity contribution in [1.82, 2.24) is 5.32 Å². The van der Waals surface area contributed by atoms with E-state index in [0.29, 0.717) is 22.5 Å². The maximum Gasteiger partial charge on any atom is 0.179 e. The minimum atomic E-state index is -3.21. The largest absolute Gasteiger partial charge is 0.313 e. The summed E-state index contributed by atoms with van der Waals surface area (Å²) >= 11 is 5.74. The molecule has 1 aromatic rings. The number of halogens is 1. The molecule has 0 atom stereocenters. The predicted molar refractivity (Wildman–Crippen MR) is 75.9 cm³/mol. The van der Waals surface area contributed by atoms with Gasteiger partial charge in [-0.3, -0.25) is 0 Å². The molecule has 0 aromatic heterocycles. The van der Waals surface area contributed by atoms with Crippen molar-refractivity contribution in [3.8, 4) is 0 Å². The molecule has 102 valence electrons. The first kappa shape index (κ1) is 15.5. The lowest BCUT2D eigenvalue weighted by Crippen LogP contribution is -2.32. The van der Waals surface area contributed by atoms with Crippen LogP contribution in [0.5, 0.6) is 0 Å². The Labute approximate surface area is 114 Å². The highest BCUT2D eigenvalue weighted by Gasteiger charge is 2.14. The third kappa shape index (κ3) is 4.59. The van der Waals surface area contributed by atoms with Gasteiger partial charge in [-0.25, -0.2) is 8.42 Å².